The first-order valence-corrected chi connectivity index (χ1v) is 3.71. The second-order valence-corrected chi connectivity index (χ2v) is 2.52. The summed E-state index contributed by atoms with van der Waals surface area (Å²) in [6.45, 7) is 5.42. The van der Waals surface area contributed by atoms with Crippen LogP contribution in [0, 0.1) is 0 Å². The van der Waals surface area contributed by atoms with E-state index >= 15 is 0 Å². The fraction of sp³-hybridized carbons (Fsp3) is 0.750. The van der Waals surface area contributed by atoms with Gasteiger partial charge in [0.05, 0.1) is 25.9 Å². The standard InChI is InChI=1S/C8H14O3/c1-3-7-5-11-8(4-9-2)6-10-7/h3,7-8H,1,4-6H2,2H3. The summed E-state index contributed by atoms with van der Waals surface area (Å²) in [5.41, 5.74) is 0. The van der Waals surface area contributed by atoms with E-state index < -0.39 is 0 Å². The van der Waals surface area contributed by atoms with Gasteiger partial charge in [0.1, 0.15) is 6.10 Å². The van der Waals surface area contributed by atoms with Crippen molar-refractivity contribution in [2.75, 3.05) is 26.9 Å². The molecule has 11 heavy (non-hydrogen) atoms. The summed E-state index contributed by atoms with van der Waals surface area (Å²) < 4.78 is 15.7. The van der Waals surface area contributed by atoms with Crippen LogP contribution in [0.3, 0.4) is 0 Å². The molecule has 1 rings (SSSR count). The van der Waals surface area contributed by atoms with Crippen molar-refractivity contribution in [1.29, 1.82) is 0 Å². The van der Waals surface area contributed by atoms with Gasteiger partial charge in [0.2, 0.25) is 0 Å². The molecule has 3 nitrogen and oxygen atoms in total. The third-order valence-electron chi connectivity index (χ3n) is 1.61. The Balaban J connectivity index is 2.18. The van der Waals surface area contributed by atoms with Crippen LogP contribution in [0.1, 0.15) is 0 Å². The Morgan fingerprint density at radius 1 is 1.55 bits per heavy atom. The van der Waals surface area contributed by atoms with Gasteiger partial charge >= 0.3 is 0 Å². The van der Waals surface area contributed by atoms with E-state index in [9.17, 15) is 0 Å². The molecular formula is C8H14O3. The van der Waals surface area contributed by atoms with Crippen LogP contribution in [0.15, 0.2) is 12.7 Å². The molecule has 0 aromatic heterocycles. The molecule has 0 aliphatic carbocycles. The maximum Gasteiger partial charge on any atom is 0.104 e. The van der Waals surface area contributed by atoms with Crippen LogP contribution in [-0.4, -0.2) is 39.1 Å². The van der Waals surface area contributed by atoms with Gasteiger partial charge in [0, 0.05) is 7.11 Å². The lowest BCUT2D eigenvalue weighted by Crippen LogP contribution is -2.36. The first kappa shape index (κ1) is 8.71. The Morgan fingerprint density at radius 3 is 2.82 bits per heavy atom. The van der Waals surface area contributed by atoms with Crippen LogP contribution in [0.25, 0.3) is 0 Å². The molecule has 0 aromatic rings. The number of ether oxygens (including phenoxy) is 3. The molecule has 0 amide bonds. The molecule has 1 heterocycles. The van der Waals surface area contributed by atoms with Crippen LogP contribution in [-0.2, 0) is 14.2 Å². The number of hydrogen-bond acceptors (Lipinski definition) is 3. The maximum atomic E-state index is 5.40. The van der Waals surface area contributed by atoms with Gasteiger partial charge < -0.3 is 14.2 Å². The van der Waals surface area contributed by atoms with E-state index in [0.717, 1.165) is 0 Å². The van der Waals surface area contributed by atoms with Gasteiger partial charge in [-0.15, -0.1) is 6.58 Å². The van der Waals surface area contributed by atoms with Crippen LogP contribution in [0.5, 0.6) is 0 Å². The highest BCUT2D eigenvalue weighted by molar-refractivity contribution is 4.82. The van der Waals surface area contributed by atoms with Crippen LogP contribution in [0.4, 0.5) is 0 Å². The number of methoxy groups -OCH3 is 1. The summed E-state index contributed by atoms with van der Waals surface area (Å²) in [5.74, 6) is 0. The molecule has 0 radical (unpaired) electrons. The van der Waals surface area contributed by atoms with Crippen molar-refractivity contribution in [2.45, 2.75) is 12.2 Å². The van der Waals surface area contributed by atoms with Crippen molar-refractivity contribution < 1.29 is 14.2 Å². The molecule has 1 saturated heterocycles. The summed E-state index contributed by atoms with van der Waals surface area (Å²) in [5, 5.41) is 0. The molecule has 64 valence electrons. The molecular weight excluding hydrogens is 144 g/mol. The topological polar surface area (TPSA) is 27.7 Å². The zero-order valence-electron chi connectivity index (χ0n) is 6.79. The minimum absolute atomic E-state index is 0.0584. The summed E-state index contributed by atoms with van der Waals surface area (Å²) in [6.07, 6.45) is 1.91. The van der Waals surface area contributed by atoms with Gasteiger partial charge in [-0.25, -0.2) is 0 Å². The highest BCUT2D eigenvalue weighted by Gasteiger charge is 2.19. The highest BCUT2D eigenvalue weighted by Crippen LogP contribution is 2.07. The van der Waals surface area contributed by atoms with E-state index in [1.807, 2.05) is 0 Å². The molecule has 0 N–H and O–H groups in total. The SMILES string of the molecule is C=CC1COC(COC)CO1. The molecule has 1 fully saturated rings. The summed E-state index contributed by atoms with van der Waals surface area (Å²) in [6, 6.07) is 0. The van der Waals surface area contributed by atoms with E-state index in [2.05, 4.69) is 6.58 Å². The van der Waals surface area contributed by atoms with E-state index in [-0.39, 0.29) is 12.2 Å². The second kappa shape index (κ2) is 4.49. The van der Waals surface area contributed by atoms with Crippen molar-refractivity contribution in [1.82, 2.24) is 0 Å². The van der Waals surface area contributed by atoms with E-state index in [1.165, 1.54) is 0 Å². The van der Waals surface area contributed by atoms with Gasteiger partial charge in [-0.05, 0) is 0 Å². The smallest absolute Gasteiger partial charge is 0.104 e. The largest absolute Gasteiger partial charge is 0.382 e. The van der Waals surface area contributed by atoms with Crippen molar-refractivity contribution in [3.63, 3.8) is 0 Å². The molecule has 2 atom stereocenters. The molecule has 1 aliphatic heterocycles. The lowest BCUT2D eigenvalue weighted by molar-refractivity contribution is -0.133. The Morgan fingerprint density at radius 2 is 2.36 bits per heavy atom. The van der Waals surface area contributed by atoms with Gasteiger partial charge in [0.25, 0.3) is 0 Å². The molecule has 0 saturated carbocycles. The van der Waals surface area contributed by atoms with Gasteiger partial charge in [-0.1, -0.05) is 6.08 Å². The summed E-state index contributed by atoms with van der Waals surface area (Å²) in [7, 11) is 1.66. The Hall–Kier alpha value is -0.380. The third kappa shape index (κ3) is 2.61. The molecule has 0 bridgehead atoms. The maximum absolute atomic E-state index is 5.40. The number of hydrogen-bond donors (Lipinski definition) is 0. The van der Waals surface area contributed by atoms with Crippen molar-refractivity contribution in [3.8, 4) is 0 Å². The minimum atomic E-state index is 0.0584. The van der Waals surface area contributed by atoms with Crippen molar-refractivity contribution in [3.05, 3.63) is 12.7 Å². The third-order valence-corrected chi connectivity index (χ3v) is 1.61. The second-order valence-electron chi connectivity index (χ2n) is 2.52. The zero-order valence-corrected chi connectivity index (χ0v) is 6.79. The first-order chi connectivity index (χ1) is 5.36. The monoisotopic (exact) mass is 158 g/mol. The van der Waals surface area contributed by atoms with Crippen LogP contribution >= 0.6 is 0 Å². The first-order valence-electron chi connectivity index (χ1n) is 3.71. The Labute approximate surface area is 66.9 Å². The van der Waals surface area contributed by atoms with Gasteiger partial charge in [-0.2, -0.15) is 0 Å². The minimum Gasteiger partial charge on any atom is -0.382 e. The van der Waals surface area contributed by atoms with Crippen LogP contribution in [0.2, 0.25) is 0 Å². The quantitative estimate of drug-likeness (QED) is 0.563. The molecule has 0 spiro atoms. The molecule has 2 unspecified atom stereocenters. The number of rotatable bonds is 3. The van der Waals surface area contributed by atoms with E-state index in [0.29, 0.717) is 19.8 Å². The highest BCUT2D eigenvalue weighted by atomic mass is 16.6. The van der Waals surface area contributed by atoms with Crippen LogP contribution < -0.4 is 0 Å². The summed E-state index contributed by atoms with van der Waals surface area (Å²) in [4.78, 5) is 0. The zero-order chi connectivity index (χ0) is 8.10. The Bertz CT molecular complexity index is 117. The average Bonchev–Trinajstić information content (AvgIpc) is 2.07. The van der Waals surface area contributed by atoms with Gasteiger partial charge in [-0.3, -0.25) is 0 Å². The summed E-state index contributed by atoms with van der Waals surface area (Å²) >= 11 is 0. The fourth-order valence-corrected chi connectivity index (χ4v) is 0.976. The predicted molar refractivity (Wildman–Crippen MR) is 41.6 cm³/mol. The fourth-order valence-electron chi connectivity index (χ4n) is 0.976. The molecule has 1 aliphatic rings. The predicted octanol–water partition coefficient (Wildman–Crippen LogP) is 0.603. The van der Waals surface area contributed by atoms with Crippen molar-refractivity contribution in [2.24, 2.45) is 0 Å². The molecule has 0 aromatic carbocycles. The van der Waals surface area contributed by atoms with E-state index in [1.54, 1.807) is 13.2 Å². The van der Waals surface area contributed by atoms with E-state index in [4.69, 9.17) is 14.2 Å². The van der Waals surface area contributed by atoms with Gasteiger partial charge in [0.15, 0.2) is 0 Å². The lowest BCUT2D eigenvalue weighted by Gasteiger charge is -2.27. The normalized spacial score (nSPS) is 31.7. The molecule has 3 heteroatoms. The van der Waals surface area contributed by atoms with Crippen molar-refractivity contribution >= 4 is 0 Å². The average molecular weight is 158 g/mol. The lowest BCUT2D eigenvalue weighted by atomic mass is 10.3. The Kier molecular flexibility index (Phi) is 3.56.